The van der Waals surface area contributed by atoms with E-state index in [4.69, 9.17) is 11.6 Å². The van der Waals surface area contributed by atoms with Crippen LogP contribution in [0.25, 0.3) is 11.3 Å². The molecular formula is C18H13ClN4O2. The molecule has 25 heavy (non-hydrogen) atoms. The molecule has 0 saturated heterocycles. The van der Waals surface area contributed by atoms with Gasteiger partial charge >= 0.3 is 11.2 Å². The molecule has 0 unspecified atom stereocenters. The van der Waals surface area contributed by atoms with Gasteiger partial charge in [0.1, 0.15) is 0 Å². The summed E-state index contributed by atoms with van der Waals surface area (Å²) in [6.07, 6.45) is 3.12. The summed E-state index contributed by atoms with van der Waals surface area (Å²) in [6.45, 7) is 0.242. The smallest absolute Gasteiger partial charge is 0.280 e. The zero-order valence-corrected chi connectivity index (χ0v) is 13.8. The van der Waals surface area contributed by atoms with Gasteiger partial charge in [-0.1, -0.05) is 41.9 Å². The maximum atomic E-state index is 12.7. The van der Waals surface area contributed by atoms with E-state index in [1.165, 1.54) is 13.6 Å². The Morgan fingerprint density at radius 3 is 2.52 bits per heavy atom. The molecule has 4 aromatic rings. The average molecular weight is 353 g/mol. The lowest BCUT2D eigenvalue weighted by atomic mass is 10.2. The molecule has 0 radical (unpaired) electrons. The van der Waals surface area contributed by atoms with E-state index in [9.17, 15) is 9.59 Å². The molecule has 4 rings (SSSR count). The fourth-order valence-corrected chi connectivity index (χ4v) is 2.93. The number of fused-ring (bicyclic) bond motifs is 1. The normalized spacial score (nSPS) is 11.1. The standard InChI is InChI=1S/C18H13ClN4O2/c19-14-6-4-5-13(11-14)12-23-18(25)22-10-9-21(17(24)16(22)20-23)15-7-2-1-3-8-15/h1-11H,12H2. The quantitative estimate of drug-likeness (QED) is 0.568. The molecule has 2 aromatic heterocycles. The molecule has 0 amide bonds. The van der Waals surface area contributed by atoms with Gasteiger partial charge in [-0.15, -0.1) is 5.10 Å². The minimum Gasteiger partial charge on any atom is -0.280 e. The summed E-state index contributed by atoms with van der Waals surface area (Å²) >= 11 is 5.98. The number of hydrogen-bond acceptors (Lipinski definition) is 3. The van der Waals surface area contributed by atoms with E-state index in [2.05, 4.69) is 5.10 Å². The molecule has 0 fully saturated rings. The molecule has 0 saturated carbocycles. The first-order valence-electron chi connectivity index (χ1n) is 7.64. The Kier molecular flexibility index (Phi) is 3.74. The van der Waals surface area contributed by atoms with Crippen LogP contribution in [0.2, 0.25) is 5.02 Å². The minimum atomic E-state index is -0.368. The highest BCUT2D eigenvalue weighted by atomic mass is 35.5. The summed E-state index contributed by atoms with van der Waals surface area (Å²) in [7, 11) is 0. The van der Waals surface area contributed by atoms with Crippen molar-refractivity contribution in [2.75, 3.05) is 0 Å². The topological polar surface area (TPSA) is 61.3 Å². The van der Waals surface area contributed by atoms with Crippen molar-refractivity contribution in [2.45, 2.75) is 6.54 Å². The maximum Gasteiger partial charge on any atom is 0.350 e. The van der Waals surface area contributed by atoms with Crippen molar-refractivity contribution in [2.24, 2.45) is 0 Å². The first-order valence-corrected chi connectivity index (χ1v) is 8.02. The number of nitrogens with zero attached hydrogens (tertiary/aromatic N) is 4. The third-order valence-electron chi connectivity index (χ3n) is 3.90. The van der Waals surface area contributed by atoms with Crippen LogP contribution in [0, 0.1) is 0 Å². The first kappa shape index (κ1) is 15.4. The summed E-state index contributed by atoms with van der Waals surface area (Å²) in [5.41, 5.74) is 0.912. The zero-order valence-electron chi connectivity index (χ0n) is 13.0. The zero-order chi connectivity index (χ0) is 17.4. The van der Waals surface area contributed by atoms with Gasteiger partial charge in [0.15, 0.2) is 0 Å². The molecule has 0 aliphatic rings. The number of para-hydroxylation sites is 1. The Morgan fingerprint density at radius 2 is 1.76 bits per heavy atom. The number of hydrogen-bond donors (Lipinski definition) is 0. The lowest BCUT2D eigenvalue weighted by molar-refractivity contribution is 0.658. The van der Waals surface area contributed by atoms with Gasteiger partial charge in [0.2, 0.25) is 5.65 Å². The summed E-state index contributed by atoms with van der Waals surface area (Å²) in [5, 5.41) is 4.80. The molecule has 0 aliphatic heterocycles. The lowest BCUT2D eigenvalue weighted by Gasteiger charge is -2.04. The van der Waals surface area contributed by atoms with E-state index >= 15 is 0 Å². The van der Waals surface area contributed by atoms with E-state index in [0.29, 0.717) is 10.7 Å². The van der Waals surface area contributed by atoms with Crippen LogP contribution in [-0.2, 0) is 6.54 Å². The summed E-state index contributed by atoms with van der Waals surface area (Å²) in [6, 6.07) is 16.4. The Morgan fingerprint density at radius 1 is 0.960 bits per heavy atom. The number of rotatable bonds is 3. The number of aromatic nitrogens is 4. The molecule has 2 aromatic carbocycles. The lowest BCUT2D eigenvalue weighted by Crippen LogP contribution is -2.24. The van der Waals surface area contributed by atoms with Crippen LogP contribution in [0.15, 0.2) is 76.6 Å². The first-order chi connectivity index (χ1) is 12.1. The van der Waals surface area contributed by atoms with Crippen molar-refractivity contribution in [3.8, 4) is 5.69 Å². The molecule has 0 N–H and O–H groups in total. The van der Waals surface area contributed by atoms with Crippen molar-refractivity contribution < 1.29 is 0 Å². The van der Waals surface area contributed by atoms with Gasteiger partial charge < -0.3 is 0 Å². The second-order valence-corrected chi connectivity index (χ2v) is 6.01. The largest absolute Gasteiger partial charge is 0.350 e. The Hall–Kier alpha value is -3.12. The third kappa shape index (κ3) is 2.77. The van der Waals surface area contributed by atoms with Crippen LogP contribution < -0.4 is 11.2 Å². The fourth-order valence-electron chi connectivity index (χ4n) is 2.71. The molecule has 6 nitrogen and oxygen atoms in total. The Labute approximate surface area is 147 Å². The van der Waals surface area contributed by atoms with Gasteiger partial charge in [0, 0.05) is 23.1 Å². The number of halogens is 1. The predicted molar refractivity (Wildman–Crippen MR) is 95.6 cm³/mol. The van der Waals surface area contributed by atoms with Crippen molar-refractivity contribution in [1.82, 2.24) is 18.7 Å². The Balaban J connectivity index is 1.84. The van der Waals surface area contributed by atoms with E-state index < -0.39 is 0 Å². The minimum absolute atomic E-state index is 0.0818. The second kappa shape index (κ2) is 6.07. The second-order valence-electron chi connectivity index (χ2n) is 5.57. The van der Waals surface area contributed by atoms with Crippen LogP contribution >= 0.6 is 11.6 Å². The molecule has 7 heteroatoms. The van der Waals surface area contributed by atoms with E-state index in [1.54, 1.807) is 30.6 Å². The van der Waals surface area contributed by atoms with Crippen LogP contribution in [0.1, 0.15) is 5.56 Å². The van der Waals surface area contributed by atoms with E-state index in [0.717, 1.165) is 5.56 Å². The summed E-state index contributed by atoms with van der Waals surface area (Å²) < 4.78 is 3.98. The molecule has 124 valence electrons. The van der Waals surface area contributed by atoms with Crippen LogP contribution in [0.3, 0.4) is 0 Å². The van der Waals surface area contributed by atoms with E-state index in [-0.39, 0.29) is 23.4 Å². The highest BCUT2D eigenvalue weighted by Gasteiger charge is 2.13. The van der Waals surface area contributed by atoms with Crippen molar-refractivity contribution >= 4 is 17.2 Å². The molecule has 0 spiro atoms. The van der Waals surface area contributed by atoms with Crippen molar-refractivity contribution in [1.29, 1.82) is 0 Å². The van der Waals surface area contributed by atoms with Gasteiger partial charge in [-0.25, -0.2) is 13.9 Å². The van der Waals surface area contributed by atoms with Gasteiger partial charge in [0.05, 0.1) is 6.54 Å². The third-order valence-corrected chi connectivity index (χ3v) is 4.14. The molecule has 0 aliphatic carbocycles. The van der Waals surface area contributed by atoms with Gasteiger partial charge in [-0.3, -0.25) is 9.36 Å². The monoisotopic (exact) mass is 352 g/mol. The van der Waals surface area contributed by atoms with Crippen molar-refractivity contribution in [3.05, 3.63) is 98.4 Å². The summed E-state index contributed by atoms with van der Waals surface area (Å²) in [5.74, 6) is 0. The number of benzene rings is 2. The van der Waals surface area contributed by atoms with Gasteiger partial charge in [0.25, 0.3) is 0 Å². The van der Waals surface area contributed by atoms with Gasteiger partial charge in [-0.2, -0.15) is 0 Å². The highest BCUT2D eigenvalue weighted by molar-refractivity contribution is 6.30. The molecule has 0 bridgehead atoms. The van der Waals surface area contributed by atoms with Crippen LogP contribution in [-0.4, -0.2) is 18.7 Å². The fraction of sp³-hybridized carbons (Fsp3) is 0.0556. The van der Waals surface area contributed by atoms with E-state index in [1.807, 2.05) is 36.4 Å². The predicted octanol–water partition coefficient (Wildman–Crippen LogP) is 2.35. The molecular weight excluding hydrogens is 340 g/mol. The maximum absolute atomic E-state index is 12.7. The van der Waals surface area contributed by atoms with Crippen LogP contribution in [0.4, 0.5) is 0 Å². The Bertz CT molecular complexity index is 1180. The van der Waals surface area contributed by atoms with Crippen molar-refractivity contribution in [3.63, 3.8) is 0 Å². The molecule has 0 atom stereocenters. The van der Waals surface area contributed by atoms with Crippen LogP contribution in [0.5, 0.6) is 0 Å². The van der Waals surface area contributed by atoms with Gasteiger partial charge in [-0.05, 0) is 29.8 Å². The summed E-state index contributed by atoms with van der Waals surface area (Å²) in [4.78, 5) is 25.2. The SMILES string of the molecule is O=c1c2nn(Cc3cccc(Cl)c3)c(=O)n2ccn1-c1ccccc1. The average Bonchev–Trinajstić information content (AvgIpc) is 2.93. The highest BCUT2D eigenvalue weighted by Crippen LogP contribution is 2.11. The molecule has 2 heterocycles.